The van der Waals surface area contributed by atoms with Crippen LogP contribution in [0.25, 0.3) is 0 Å². The van der Waals surface area contributed by atoms with Crippen LogP contribution < -0.4 is 5.32 Å². The molecule has 0 fully saturated rings. The molecule has 3 rings (SSSR count). The molecule has 2 aromatic heterocycles. The molecule has 0 aliphatic heterocycles. The number of alkyl halides is 3. The predicted octanol–water partition coefficient (Wildman–Crippen LogP) is 6.49. The zero-order valence-corrected chi connectivity index (χ0v) is 20.6. The molecule has 13 heteroatoms. The van der Waals surface area contributed by atoms with E-state index in [-0.39, 0.29) is 16.0 Å². The predicted molar refractivity (Wildman–Crippen MR) is 118 cm³/mol. The third-order valence-corrected chi connectivity index (χ3v) is 6.65. The summed E-state index contributed by atoms with van der Waals surface area (Å²) in [6, 6.07) is 4.15. The zero-order valence-electron chi connectivity index (χ0n) is 15.9. The molecule has 0 radical (unpaired) electrons. The molecular weight excluding hydrogens is 590 g/mol. The Morgan fingerprint density at radius 3 is 2.48 bits per heavy atom. The number of rotatable bonds is 5. The molecule has 1 aromatic carbocycles. The molecule has 31 heavy (non-hydrogen) atoms. The third kappa shape index (κ3) is 5.27. The number of hydrogen-bond donors (Lipinski definition) is 1. The fraction of sp³-hybridized carbons (Fsp3) is 0.278. The highest BCUT2D eigenvalue weighted by Crippen LogP contribution is 2.36. The van der Waals surface area contributed by atoms with E-state index in [9.17, 15) is 18.0 Å². The van der Waals surface area contributed by atoms with Crippen molar-refractivity contribution in [1.82, 2.24) is 19.6 Å². The lowest BCUT2D eigenvalue weighted by atomic mass is 10.2. The van der Waals surface area contributed by atoms with Crippen LogP contribution in [0.4, 0.5) is 19.0 Å². The number of carbonyl (C=O) groups is 1. The van der Waals surface area contributed by atoms with Gasteiger partial charge in [-0.15, -0.1) is 0 Å². The molecule has 1 unspecified atom stereocenters. The summed E-state index contributed by atoms with van der Waals surface area (Å²) in [5.41, 5.74) is -0.0664. The first kappa shape index (κ1) is 24.1. The average molecular weight is 604 g/mol. The quantitative estimate of drug-likeness (QED) is 0.363. The highest BCUT2D eigenvalue weighted by atomic mass is 79.9. The fourth-order valence-corrected chi connectivity index (χ4v) is 4.00. The Morgan fingerprint density at radius 1 is 1.23 bits per heavy atom. The number of hydrogen-bond acceptors (Lipinski definition) is 3. The van der Waals surface area contributed by atoms with Gasteiger partial charge in [0.15, 0.2) is 11.5 Å². The molecule has 0 bridgehead atoms. The second kappa shape index (κ2) is 9.13. The zero-order chi connectivity index (χ0) is 23.1. The number of nitrogens with zero attached hydrogens (tertiary/aromatic N) is 4. The van der Waals surface area contributed by atoms with Gasteiger partial charge in [0.1, 0.15) is 6.04 Å². The molecule has 3 aromatic rings. The molecule has 2 heterocycles. The first-order valence-electron chi connectivity index (χ1n) is 8.68. The van der Waals surface area contributed by atoms with Crippen LogP contribution >= 0.6 is 55.1 Å². The Morgan fingerprint density at radius 2 is 1.90 bits per heavy atom. The Bertz CT molecular complexity index is 1150. The number of carbonyl (C=O) groups excluding carboxylic acids is 1. The van der Waals surface area contributed by atoms with Crippen LogP contribution in [0.2, 0.25) is 10.0 Å². The molecule has 0 saturated carbocycles. The lowest BCUT2D eigenvalue weighted by molar-refractivity contribution is -0.142. The Labute approximate surface area is 201 Å². The molecule has 0 aliphatic carbocycles. The van der Waals surface area contributed by atoms with Gasteiger partial charge in [-0.05, 0) is 63.4 Å². The molecular formula is C18H14Br2Cl2F3N5O. The SMILES string of the molecule is Cc1c(Br)c(C(F)(F)F)nn1C(C)C(=O)Nc1nn(Cc2ccc(Cl)c(Cl)c2)cc1Br. The topological polar surface area (TPSA) is 64.7 Å². The minimum Gasteiger partial charge on any atom is -0.306 e. The summed E-state index contributed by atoms with van der Waals surface area (Å²) in [6.45, 7) is 3.25. The van der Waals surface area contributed by atoms with E-state index in [0.717, 1.165) is 10.2 Å². The van der Waals surface area contributed by atoms with Gasteiger partial charge in [-0.1, -0.05) is 29.3 Å². The van der Waals surface area contributed by atoms with E-state index in [4.69, 9.17) is 23.2 Å². The largest absolute Gasteiger partial charge is 0.436 e. The number of halogens is 7. The lowest BCUT2D eigenvalue weighted by Gasteiger charge is -2.13. The van der Waals surface area contributed by atoms with Crippen molar-refractivity contribution in [1.29, 1.82) is 0 Å². The lowest BCUT2D eigenvalue weighted by Crippen LogP contribution is -2.26. The Balaban J connectivity index is 1.77. The molecule has 6 nitrogen and oxygen atoms in total. The van der Waals surface area contributed by atoms with Crippen LogP contribution in [0.3, 0.4) is 0 Å². The summed E-state index contributed by atoms with van der Waals surface area (Å²) in [6.07, 6.45) is -2.99. The van der Waals surface area contributed by atoms with E-state index in [1.807, 2.05) is 0 Å². The van der Waals surface area contributed by atoms with Gasteiger partial charge in [-0.2, -0.15) is 23.4 Å². The van der Waals surface area contributed by atoms with Crippen LogP contribution in [-0.4, -0.2) is 25.5 Å². The van der Waals surface area contributed by atoms with Gasteiger partial charge < -0.3 is 5.32 Å². The van der Waals surface area contributed by atoms with Crippen molar-refractivity contribution in [3.8, 4) is 0 Å². The molecule has 0 aliphatic rings. The van der Waals surface area contributed by atoms with Crippen molar-refractivity contribution in [2.45, 2.75) is 32.6 Å². The summed E-state index contributed by atoms with van der Waals surface area (Å²) < 4.78 is 42.2. The number of anilines is 1. The van der Waals surface area contributed by atoms with Crippen LogP contribution in [0, 0.1) is 6.92 Å². The minimum absolute atomic E-state index is 0.180. The molecule has 1 amide bonds. The second-order valence-corrected chi connectivity index (χ2v) is 9.09. The van der Waals surface area contributed by atoms with Crippen molar-refractivity contribution in [3.63, 3.8) is 0 Å². The summed E-state index contributed by atoms with van der Waals surface area (Å²) >= 11 is 18.2. The van der Waals surface area contributed by atoms with Crippen molar-refractivity contribution >= 4 is 66.8 Å². The van der Waals surface area contributed by atoms with Crippen molar-refractivity contribution in [3.05, 3.63) is 60.3 Å². The fourth-order valence-electron chi connectivity index (χ4n) is 2.78. The summed E-state index contributed by atoms with van der Waals surface area (Å²) in [7, 11) is 0. The Kier molecular flexibility index (Phi) is 7.09. The maximum Gasteiger partial charge on any atom is 0.436 e. The van der Waals surface area contributed by atoms with Gasteiger partial charge in [0.05, 0.1) is 31.2 Å². The van der Waals surface area contributed by atoms with Crippen LogP contribution in [0.15, 0.2) is 33.3 Å². The smallest absolute Gasteiger partial charge is 0.306 e. The van der Waals surface area contributed by atoms with E-state index >= 15 is 0 Å². The van der Waals surface area contributed by atoms with Gasteiger partial charge in [0.2, 0.25) is 5.91 Å². The maximum absolute atomic E-state index is 13.1. The van der Waals surface area contributed by atoms with E-state index in [1.165, 1.54) is 13.8 Å². The standard InChI is InChI=1S/C18H14Br2Cl2F3N5O/c1-8-14(20)15(18(23,24)25)27-30(8)9(2)17(31)26-16-11(19)7-29(28-16)6-10-3-4-12(21)13(22)5-10/h3-5,7,9H,6H2,1-2H3,(H,26,28,31). The Hall–Kier alpha value is -1.56. The maximum atomic E-state index is 13.1. The molecule has 166 valence electrons. The number of benzene rings is 1. The molecule has 0 saturated heterocycles. The third-order valence-electron chi connectivity index (χ3n) is 4.38. The summed E-state index contributed by atoms with van der Waals surface area (Å²) in [5, 5.41) is 11.3. The summed E-state index contributed by atoms with van der Waals surface area (Å²) in [5.74, 6) is -0.357. The average Bonchev–Trinajstić information content (AvgIpc) is 3.17. The first-order chi connectivity index (χ1) is 14.4. The van der Waals surface area contributed by atoms with Crippen LogP contribution in [-0.2, 0) is 17.5 Å². The normalized spacial score (nSPS) is 12.8. The van der Waals surface area contributed by atoms with Crippen molar-refractivity contribution in [2.75, 3.05) is 5.32 Å². The summed E-state index contributed by atoms with van der Waals surface area (Å²) in [4.78, 5) is 12.7. The van der Waals surface area contributed by atoms with E-state index in [1.54, 1.807) is 29.1 Å². The number of amides is 1. The van der Waals surface area contributed by atoms with Crippen LogP contribution in [0.5, 0.6) is 0 Å². The molecule has 1 atom stereocenters. The van der Waals surface area contributed by atoms with Gasteiger partial charge >= 0.3 is 6.18 Å². The van der Waals surface area contributed by atoms with E-state index in [2.05, 4.69) is 47.4 Å². The van der Waals surface area contributed by atoms with Gasteiger partial charge in [0, 0.05) is 6.20 Å². The second-order valence-electron chi connectivity index (χ2n) is 6.63. The number of aromatic nitrogens is 4. The monoisotopic (exact) mass is 601 g/mol. The van der Waals surface area contributed by atoms with Crippen LogP contribution in [0.1, 0.15) is 29.9 Å². The van der Waals surface area contributed by atoms with E-state index < -0.39 is 23.8 Å². The highest BCUT2D eigenvalue weighted by molar-refractivity contribution is 9.11. The van der Waals surface area contributed by atoms with Gasteiger partial charge in [0.25, 0.3) is 0 Å². The highest BCUT2D eigenvalue weighted by Gasteiger charge is 2.39. The number of nitrogens with one attached hydrogen (secondary N) is 1. The van der Waals surface area contributed by atoms with Gasteiger partial charge in [-0.3, -0.25) is 14.2 Å². The minimum atomic E-state index is -4.64. The van der Waals surface area contributed by atoms with Crippen molar-refractivity contribution in [2.24, 2.45) is 0 Å². The van der Waals surface area contributed by atoms with E-state index in [0.29, 0.717) is 21.1 Å². The molecule has 1 N–H and O–H groups in total. The molecule has 0 spiro atoms. The van der Waals surface area contributed by atoms with Crippen molar-refractivity contribution < 1.29 is 18.0 Å². The first-order valence-corrected chi connectivity index (χ1v) is 11.0. The van der Waals surface area contributed by atoms with Gasteiger partial charge in [-0.25, -0.2) is 0 Å².